The van der Waals surface area contributed by atoms with E-state index in [2.05, 4.69) is 6.92 Å². The number of aryl methyl sites for hydroxylation is 1. The van der Waals surface area contributed by atoms with E-state index in [-0.39, 0.29) is 5.92 Å². The zero-order valence-electron chi connectivity index (χ0n) is 11.5. The first-order valence-electron chi connectivity index (χ1n) is 6.72. The Kier molecular flexibility index (Phi) is 4.28. The highest BCUT2D eigenvalue weighted by atomic mass is 32.2. The predicted molar refractivity (Wildman–Crippen MR) is 76.3 cm³/mol. The monoisotopic (exact) mass is 282 g/mol. The largest absolute Gasteiger partial charge is 0.330 e. The third-order valence-corrected chi connectivity index (χ3v) is 5.87. The Labute approximate surface area is 115 Å². The van der Waals surface area contributed by atoms with Crippen LogP contribution in [0.25, 0.3) is 0 Å². The van der Waals surface area contributed by atoms with Crippen LogP contribution in [0.3, 0.4) is 0 Å². The quantitative estimate of drug-likeness (QED) is 0.916. The lowest BCUT2D eigenvalue weighted by Gasteiger charge is -2.35. The molecule has 1 saturated heterocycles. The fourth-order valence-electron chi connectivity index (χ4n) is 2.57. The van der Waals surface area contributed by atoms with E-state index in [1.807, 2.05) is 13.0 Å². The fourth-order valence-corrected chi connectivity index (χ4v) is 4.18. The number of hydrogen-bond donors (Lipinski definition) is 1. The molecule has 1 heterocycles. The van der Waals surface area contributed by atoms with Crippen molar-refractivity contribution in [3.05, 3.63) is 29.8 Å². The van der Waals surface area contributed by atoms with Gasteiger partial charge in [-0.15, -0.1) is 0 Å². The summed E-state index contributed by atoms with van der Waals surface area (Å²) in [5.74, 6) is 0.752. The van der Waals surface area contributed by atoms with Gasteiger partial charge in [0.15, 0.2) is 0 Å². The molecule has 4 nitrogen and oxygen atoms in total. The van der Waals surface area contributed by atoms with Gasteiger partial charge in [-0.25, -0.2) is 8.42 Å². The summed E-state index contributed by atoms with van der Waals surface area (Å²) >= 11 is 0. The smallest absolute Gasteiger partial charge is 0.243 e. The second kappa shape index (κ2) is 5.61. The standard InChI is InChI=1S/C14H22N2O2S/c1-11-4-3-5-14(8-11)19(17,18)16-7-6-12(2)13(9-15)10-16/h3-5,8,12-13H,6-7,9-10,15H2,1-2H3. The number of nitrogens with two attached hydrogens (primary N) is 1. The van der Waals surface area contributed by atoms with Gasteiger partial charge in [-0.2, -0.15) is 4.31 Å². The van der Waals surface area contributed by atoms with Gasteiger partial charge in [0.05, 0.1) is 4.90 Å². The van der Waals surface area contributed by atoms with Gasteiger partial charge in [-0.05, 0) is 49.4 Å². The van der Waals surface area contributed by atoms with Crippen LogP contribution < -0.4 is 5.73 Å². The van der Waals surface area contributed by atoms with E-state index in [0.29, 0.717) is 30.4 Å². The topological polar surface area (TPSA) is 63.4 Å². The lowest BCUT2D eigenvalue weighted by atomic mass is 9.88. The van der Waals surface area contributed by atoms with E-state index in [9.17, 15) is 8.42 Å². The molecule has 1 aromatic carbocycles. The zero-order chi connectivity index (χ0) is 14.0. The molecular weight excluding hydrogens is 260 g/mol. The second-order valence-corrected chi connectivity index (χ2v) is 7.38. The Morgan fingerprint density at radius 1 is 1.42 bits per heavy atom. The normalized spacial score (nSPS) is 25.4. The minimum Gasteiger partial charge on any atom is -0.330 e. The number of piperidine rings is 1. The lowest BCUT2D eigenvalue weighted by molar-refractivity contribution is 0.203. The molecule has 0 aliphatic carbocycles. The predicted octanol–water partition coefficient (Wildman–Crippen LogP) is 1.60. The van der Waals surface area contributed by atoms with Gasteiger partial charge in [0.1, 0.15) is 0 Å². The highest BCUT2D eigenvalue weighted by molar-refractivity contribution is 7.89. The number of sulfonamides is 1. The van der Waals surface area contributed by atoms with Crippen LogP contribution in [0.2, 0.25) is 0 Å². The molecule has 2 rings (SSSR count). The summed E-state index contributed by atoms with van der Waals surface area (Å²) in [6.45, 7) is 5.72. The summed E-state index contributed by atoms with van der Waals surface area (Å²) in [6, 6.07) is 7.08. The van der Waals surface area contributed by atoms with Crippen LogP contribution in [0.5, 0.6) is 0 Å². The average molecular weight is 282 g/mol. The second-order valence-electron chi connectivity index (χ2n) is 5.44. The summed E-state index contributed by atoms with van der Waals surface area (Å²) in [6.07, 6.45) is 0.882. The molecule has 0 saturated carbocycles. The van der Waals surface area contributed by atoms with Gasteiger partial charge in [0, 0.05) is 13.1 Å². The first-order valence-corrected chi connectivity index (χ1v) is 8.16. The number of rotatable bonds is 3. The maximum Gasteiger partial charge on any atom is 0.243 e. The van der Waals surface area contributed by atoms with Crippen molar-refractivity contribution in [2.24, 2.45) is 17.6 Å². The summed E-state index contributed by atoms with van der Waals surface area (Å²) in [5, 5.41) is 0. The van der Waals surface area contributed by atoms with Crippen molar-refractivity contribution in [2.75, 3.05) is 19.6 Å². The molecule has 0 radical (unpaired) electrons. The van der Waals surface area contributed by atoms with Crippen molar-refractivity contribution in [2.45, 2.75) is 25.2 Å². The van der Waals surface area contributed by atoms with Crippen molar-refractivity contribution in [3.63, 3.8) is 0 Å². The van der Waals surface area contributed by atoms with Gasteiger partial charge < -0.3 is 5.73 Å². The molecule has 0 aromatic heterocycles. The molecule has 0 spiro atoms. The Bertz CT molecular complexity index is 542. The van der Waals surface area contributed by atoms with Crippen LogP contribution in [0.1, 0.15) is 18.9 Å². The van der Waals surface area contributed by atoms with Gasteiger partial charge >= 0.3 is 0 Å². The summed E-state index contributed by atoms with van der Waals surface area (Å²) in [4.78, 5) is 0.387. The number of nitrogens with zero attached hydrogens (tertiary/aromatic N) is 1. The Morgan fingerprint density at radius 3 is 2.79 bits per heavy atom. The Hall–Kier alpha value is -0.910. The highest BCUT2D eigenvalue weighted by Gasteiger charge is 2.32. The van der Waals surface area contributed by atoms with Gasteiger partial charge in [-0.1, -0.05) is 19.1 Å². The molecule has 1 aliphatic rings. The molecule has 2 atom stereocenters. The minimum absolute atomic E-state index is 0.258. The molecule has 0 bridgehead atoms. The lowest BCUT2D eigenvalue weighted by Crippen LogP contribution is -2.45. The SMILES string of the molecule is Cc1cccc(S(=O)(=O)N2CCC(C)C(CN)C2)c1. The van der Waals surface area contributed by atoms with Crippen molar-refractivity contribution >= 4 is 10.0 Å². The molecule has 2 N–H and O–H groups in total. The average Bonchev–Trinajstić information content (AvgIpc) is 2.39. The van der Waals surface area contributed by atoms with Gasteiger partial charge in [-0.3, -0.25) is 0 Å². The molecule has 1 aliphatic heterocycles. The van der Waals surface area contributed by atoms with E-state index in [1.54, 1.807) is 22.5 Å². The molecule has 0 amide bonds. The van der Waals surface area contributed by atoms with Crippen LogP contribution in [0.15, 0.2) is 29.2 Å². The molecule has 19 heavy (non-hydrogen) atoms. The third kappa shape index (κ3) is 2.99. The van der Waals surface area contributed by atoms with Gasteiger partial charge in [0.2, 0.25) is 10.0 Å². The van der Waals surface area contributed by atoms with Crippen molar-refractivity contribution in [1.29, 1.82) is 0 Å². The highest BCUT2D eigenvalue weighted by Crippen LogP contribution is 2.27. The maximum absolute atomic E-state index is 12.6. The molecule has 1 aromatic rings. The van der Waals surface area contributed by atoms with Gasteiger partial charge in [0.25, 0.3) is 0 Å². The van der Waals surface area contributed by atoms with Crippen LogP contribution >= 0.6 is 0 Å². The fraction of sp³-hybridized carbons (Fsp3) is 0.571. The summed E-state index contributed by atoms with van der Waals surface area (Å²) in [5.41, 5.74) is 6.70. The Balaban J connectivity index is 2.25. The van der Waals surface area contributed by atoms with Crippen LogP contribution in [0.4, 0.5) is 0 Å². The summed E-state index contributed by atoms with van der Waals surface area (Å²) < 4.78 is 26.8. The van der Waals surface area contributed by atoms with Crippen molar-refractivity contribution in [3.8, 4) is 0 Å². The molecule has 106 valence electrons. The number of hydrogen-bond acceptors (Lipinski definition) is 3. The maximum atomic E-state index is 12.6. The summed E-state index contributed by atoms with van der Waals surface area (Å²) in [7, 11) is -3.37. The van der Waals surface area contributed by atoms with Crippen molar-refractivity contribution < 1.29 is 8.42 Å². The zero-order valence-corrected chi connectivity index (χ0v) is 12.4. The Morgan fingerprint density at radius 2 is 2.16 bits per heavy atom. The first-order chi connectivity index (χ1) is 8.95. The van der Waals surface area contributed by atoms with Crippen LogP contribution in [-0.2, 0) is 10.0 Å². The third-order valence-electron chi connectivity index (χ3n) is 4.01. The molecule has 2 unspecified atom stereocenters. The minimum atomic E-state index is -3.37. The molecule has 1 fully saturated rings. The first kappa shape index (κ1) is 14.5. The van der Waals surface area contributed by atoms with Crippen LogP contribution in [0, 0.1) is 18.8 Å². The van der Waals surface area contributed by atoms with E-state index in [0.717, 1.165) is 12.0 Å². The van der Waals surface area contributed by atoms with E-state index in [1.165, 1.54) is 0 Å². The van der Waals surface area contributed by atoms with E-state index >= 15 is 0 Å². The molecule has 5 heteroatoms. The number of benzene rings is 1. The van der Waals surface area contributed by atoms with Crippen LogP contribution in [-0.4, -0.2) is 32.4 Å². The van der Waals surface area contributed by atoms with E-state index in [4.69, 9.17) is 5.73 Å². The molecular formula is C14H22N2O2S. The van der Waals surface area contributed by atoms with E-state index < -0.39 is 10.0 Å². The van der Waals surface area contributed by atoms with Crippen molar-refractivity contribution in [1.82, 2.24) is 4.31 Å².